The number of hydrogen-bond donors (Lipinski definition) is 1. The average Bonchev–Trinajstić information content (AvgIpc) is 2.27. The fourth-order valence-electron chi connectivity index (χ4n) is 1.40. The van der Waals surface area contributed by atoms with Gasteiger partial charge in [0.25, 0.3) is 0 Å². The van der Waals surface area contributed by atoms with Crippen LogP contribution in [-0.2, 0) is 11.2 Å². The van der Waals surface area contributed by atoms with Gasteiger partial charge in [0.05, 0.1) is 11.3 Å². The number of carboxylic acids is 1. The zero-order valence-electron chi connectivity index (χ0n) is 9.17. The number of carbonyl (C=O) groups is 1. The third-order valence-corrected chi connectivity index (χ3v) is 2.08. The SMILES string of the molecule is N#Cc1c(CC(=O)O)ccc([N+](=O)[O-])c1OC(F)F. The third kappa shape index (κ3) is 3.35. The maximum Gasteiger partial charge on any atom is 0.387 e. The van der Waals surface area contributed by atoms with Crippen molar-refractivity contribution in [2.75, 3.05) is 0 Å². The molecule has 0 unspecified atom stereocenters. The summed E-state index contributed by atoms with van der Waals surface area (Å²) in [6.45, 7) is -3.37. The van der Waals surface area contributed by atoms with Crippen LogP contribution < -0.4 is 4.74 Å². The second-order valence-corrected chi connectivity index (χ2v) is 3.27. The highest BCUT2D eigenvalue weighted by Gasteiger charge is 2.25. The van der Waals surface area contributed by atoms with Crippen molar-refractivity contribution in [1.29, 1.82) is 5.26 Å². The lowest BCUT2D eigenvalue weighted by Gasteiger charge is -2.09. The number of rotatable bonds is 5. The standard InChI is InChI=1S/C10H6F2N2O5/c11-10(12)19-9-6(4-13)5(3-8(15)16)1-2-7(9)14(17)18/h1-2,10H,3H2,(H,15,16). The first-order valence-electron chi connectivity index (χ1n) is 4.73. The lowest BCUT2D eigenvalue weighted by Crippen LogP contribution is -2.09. The number of carboxylic acid groups (broad SMARTS) is 1. The Hall–Kier alpha value is -2.76. The fraction of sp³-hybridized carbons (Fsp3) is 0.200. The average molecular weight is 272 g/mol. The molecule has 1 aromatic rings. The molecule has 0 fully saturated rings. The molecule has 9 heteroatoms. The third-order valence-electron chi connectivity index (χ3n) is 2.08. The van der Waals surface area contributed by atoms with Crippen LogP contribution in [-0.4, -0.2) is 22.6 Å². The highest BCUT2D eigenvalue weighted by atomic mass is 19.3. The Kier molecular flexibility index (Phi) is 4.31. The summed E-state index contributed by atoms with van der Waals surface area (Å²) >= 11 is 0. The Morgan fingerprint density at radius 3 is 2.63 bits per heavy atom. The summed E-state index contributed by atoms with van der Waals surface area (Å²) in [5, 5.41) is 28.1. The number of nitrogens with zero attached hydrogens (tertiary/aromatic N) is 2. The Morgan fingerprint density at radius 1 is 1.58 bits per heavy atom. The van der Waals surface area contributed by atoms with Crippen LogP contribution >= 0.6 is 0 Å². The lowest BCUT2D eigenvalue weighted by atomic mass is 10.0. The van der Waals surface area contributed by atoms with Crippen LogP contribution in [0.25, 0.3) is 0 Å². The molecule has 1 rings (SSSR count). The minimum atomic E-state index is -3.37. The van der Waals surface area contributed by atoms with Crippen LogP contribution in [0.3, 0.4) is 0 Å². The van der Waals surface area contributed by atoms with Crippen molar-refractivity contribution in [3.05, 3.63) is 33.4 Å². The zero-order valence-corrected chi connectivity index (χ0v) is 9.17. The van der Waals surface area contributed by atoms with E-state index in [4.69, 9.17) is 10.4 Å². The minimum absolute atomic E-state index is 0.142. The van der Waals surface area contributed by atoms with Gasteiger partial charge in [0.1, 0.15) is 11.6 Å². The molecule has 1 aromatic carbocycles. The van der Waals surface area contributed by atoms with E-state index in [-0.39, 0.29) is 5.56 Å². The summed E-state index contributed by atoms with van der Waals surface area (Å²) < 4.78 is 28.4. The van der Waals surface area contributed by atoms with Gasteiger partial charge in [-0.05, 0) is 5.56 Å². The number of nitro groups is 1. The van der Waals surface area contributed by atoms with Crippen molar-refractivity contribution in [2.24, 2.45) is 0 Å². The second-order valence-electron chi connectivity index (χ2n) is 3.27. The van der Waals surface area contributed by atoms with E-state index in [1.807, 2.05) is 0 Å². The number of nitro benzene ring substituents is 1. The van der Waals surface area contributed by atoms with Crippen molar-refractivity contribution in [2.45, 2.75) is 13.0 Å². The van der Waals surface area contributed by atoms with Crippen molar-refractivity contribution < 1.29 is 28.3 Å². The quantitative estimate of drug-likeness (QED) is 0.644. The van der Waals surface area contributed by atoms with E-state index in [2.05, 4.69) is 4.74 Å². The van der Waals surface area contributed by atoms with Crippen LogP contribution in [0.4, 0.5) is 14.5 Å². The van der Waals surface area contributed by atoms with E-state index < -0.39 is 40.9 Å². The van der Waals surface area contributed by atoms with Gasteiger partial charge < -0.3 is 9.84 Å². The molecule has 0 aliphatic heterocycles. The predicted octanol–water partition coefficient (Wildman–Crippen LogP) is 1.69. The predicted molar refractivity (Wildman–Crippen MR) is 55.8 cm³/mol. The molecular formula is C10H6F2N2O5. The van der Waals surface area contributed by atoms with E-state index in [1.165, 1.54) is 6.07 Å². The first-order valence-corrected chi connectivity index (χ1v) is 4.73. The Balaban J connectivity index is 3.45. The van der Waals surface area contributed by atoms with Gasteiger partial charge in [-0.15, -0.1) is 0 Å². The highest BCUT2D eigenvalue weighted by Crippen LogP contribution is 2.34. The molecule has 0 radical (unpaired) electrons. The molecule has 0 saturated heterocycles. The molecule has 19 heavy (non-hydrogen) atoms. The molecule has 0 bridgehead atoms. The van der Waals surface area contributed by atoms with E-state index in [9.17, 15) is 23.7 Å². The van der Waals surface area contributed by atoms with Gasteiger partial charge in [0, 0.05) is 6.07 Å². The Morgan fingerprint density at radius 2 is 2.21 bits per heavy atom. The van der Waals surface area contributed by atoms with E-state index in [0.717, 1.165) is 12.1 Å². The van der Waals surface area contributed by atoms with Crippen LogP contribution in [0.5, 0.6) is 5.75 Å². The summed E-state index contributed by atoms with van der Waals surface area (Å²) in [5.41, 5.74) is -1.56. The smallest absolute Gasteiger partial charge is 0.387 e. The molecule has 1 N–H and O–H groups in total. The summed E-state index contributed by atoms with van der Waals surface area (Å²) in [6.07, 6.45) is -0.638. The molecule has 100 valence electrons. The largest absolute Gasteiger partial charge is 0.481 e. The van der Waals surface area contributed by atoms with Gasteiger partial charge in [0.2, 0.25) is 5.75 Å². The molecular weight excluding hydrogens is 266 g/mol. The number of ether oxygens (including phenoxy) is 1. The fourth-order valence-corrected chi connectivity index (χ4v) is 1.40. The minimum Gasteiger partial charge on any atom is -0.481 e. The number of halogens is 2. The van der Waals surface area contributed by atoms with Crippen LogP contribution in [0.1, 0.15) is 11.1 Å². The molecule has 0 aliphatic carbocycles. The van der Waals surface area contributed by atoms with Crippen LogP contribution in [0, 0.1) is 21.4 Å². The number of alkyl halides is 2. The number of benzene rings is 1. The molecule has 0 saturated carbocycles. The van der Waals surface area contributed by atoms with Gasteiger partial charge in [-0.1, -0.05) is 6.07 Å². The first kappa shape index (κ1) is 14.3. The maximum absolute atomic E-state index is 12.2. The van der Waals surface area contributed by atoms with Crippen molar-refractivity contribution in [3.8, 4) is 11.8 Å². The lowest BCUT2D eigenvalue weighted by molar-refractivity contribution is -0.386. The van der Waals surface area contributed by atoms with Gasteiger partial charge in [-0.3, -0.25) is 14.9 Å². The number of nitriles is 1. The van der Waals surface area contributed by atoms with Gasteiger partial charge in [0.15, 0.2) is 0 Å². The summed E-state index contributed by atoms with van der Waals surface area (Å²) in [6, 6.07) is 3.28. The summed E-state index contributed by atoms with van der Waals surface area (Å²) in [4.78, 5) is 20.2. The molecule has 0 aliphatic rings. The van der Waals surface area contributed by atoms with E-state index in [0.29, 0.717) is 0 Å². The molecule has 0 heterocycles. The van der Waals surface area contributed by atoms with E-state index in [1.54, 1.807) is 0 Å². The van der Waals surface area contributed by atoms with Crippen molar-refractivity contribution >= 4 is 11.7 Å². The second kappa shape index (κ2) is 5.72. The van der Waals surface area contributed by atoms with Crippen LogP contribution in [0.15, 0.2) is 12.1 Å². The molecule has 0 spiro atoms. The van der Waals surface area contributed by atoms with Crippen molar-refractivity contribution in [3.63, 3.8) is 0 Å². The Labute approximate surface area is 104 Å². The Bertz CT molecular complexity index is 568. The topological polar surface area (TPSA) is 113 Å². The molecule has 0 amide bonds. The molecule has 0 aromatic heterocycles. The van der Waals surface area contributed by atoms with Crippen molar-refractivity contribution in [1.82, 2.24) is 0 Å². The molecule has 0 atom stereocenters. The van der Waals surface area contributed by atoms with Gasteiger partial charge in [-0.25, -0.2) is 0 Å². The number of hydrogen-bond acceptors (Lipinski definition) is 5. The van der Waals surface area contributed by atoms with E-state index >= 15 is 0 Å². The molecule has 7 nitrogen and oxygen atoms in total. The summed E-state index contributed by atoms with van der Waals surface area (Å²) in [7, 11) is 0. The van der Waals surface area contributed by atoms with Crippen LogP contribution in [0.2, 0.25) is 0 Å². The highest BCUT2D eigenvalue weighted by molar-refractivity contribution is 5.73. The normalized spacial score (nSPS) is 10.0. The maximum atomic E-state index is 12.2. The zero-order chi connectivity index (χ0) is 14.6. The van der Waals surface area contributed by atoms with Gasteiger partial charge >= 0.3 is 18.3 Å². The number of aliphatic carboxylic acids is 1. The summed E-state index contributed by atoms with van der Waals surface area (Å²) in [5.74, 6) is -2.24. The van der Waals surface area contributed by atoms with Gasteiger partial charge in [-0.2, -0.15) is 14.0 Å². The first-order chi connectivity index (χ1) is 8.86. The monoisotopic (exact) mass is 272 g/mol.